The summed E-state index contributed by atoms with van der Waals surface area (Å²) in [6.45, 7) is 2.64. The summed E-state index contributed by atoms with van der Waals surface area (Å²) in [6.07, 6.45) is 3.39. The van der Waals surface area contributed by atoms with Crippen LogP contribution in [0.15, 0.2) is 30.6 Å². The van der Waals surface area contributed by atoms with Crippen LogP contribution in [0.5, 0.6) is 0 Å². The first-order valence-electron chi connectivity index (χ1n) is 5.59. The third kappa shape index (κ3) is 2.25. The normalized spacial score (nSPS) is 12.7. The molecule has 1 unspecified atom stereocenters. The van der Waals surface area contributed by atoms with E-state index in [9.17, 15) is 8.78 Å². The number of aryl methyl sites for hydroxylation is 1. The fourth-order valence-corrected chi connectivity index (χ4v) is 1.89. The molecule has 0 aliphatic carbocycles. The molecule has 96 valence electrons. The third-order valence-electron chi connectivity index (χ3n) is 2.79. The number of hydrogen-bond acceptors (Lipinski definition) is 3. The van der Waals surface area contributed by atoms with E-state index in [0.29, 0.717) is 12.4 Å². The van der Waals surface area contributed by atoms with Crippen LogP contribution in [-0.2, 0) is 6.54 Å². The lowest BCUT2D eigenvalue weighted by Gasteiger charge is -2.17. The first-order valence-corrected chi connectivity index (χ1v) is 5.59. The molecule has 18 heavy (non-hydrogen) atoms. The van der Waals surface area contributed by atoms with Crippen molar-refractivity contribution >= 4 is 0 Å². The number of rotatable bonds is 4. The largest absolute Gasteiger partial charge is 0.334 e. The minimum absolute atomic E-state index is 0.264. The Morgan fingerprint density at radius 1 is 1.44 bits per heavy atom. The van der Waals surface area contributed by atoms with Crippen LogP contribution in [0, 0.1) is 11.6 Å². The van der Waals surface area contributed by atoms with Gasteiger partial charge in [-0.25, -0.2) is 19.2 Å². The van der Waals surface area contributed by atoms with Gasteiger partial charge in [0.1, 0.15) is 23.5 Å². The average molecular weight is 252 g/mol. The molecule has 1 aromatic heterocycles. The van der Waals surface area contributed by atoms with Crippen molar-refractivity contribution in [1.29, 1.82) is 0 Å². The van der Waals surface area contributed by atoms with Gasteiger partial charge in [0.15, 0.2) is 0 Å². The van der Waals surface area contributed by atoms with Crippen LogP contribution >= 0.6 is 0 Å². The zero-order valence-electron chi connectivity index (χ0n) is 9.90. The number of nitrogens with two attached hydrogens (primary N) is 1. The molecule has 2 aromatic rings. The monoisotopic (exact) mass is 252 g/mol. The van der Waals surface area contributed by atoms with Crippen molar-refractivity contribution < 1.29 is 8.78 Å². The molecule has 2 rings (SSSR count). The van der Waals surface area contributed by atoms with Crippen molar-refractivity contribution in [3.05, 3.63) is 53.6 Å². The maximum absolute atomic E-state index is 13.7. The summed E-state index contributed by atoms with van der Waals surface area (Å²) in [5, 5.41) is 0. The predicted molar refractivity (Wildman–Crippen MR) is 63.4 cm³/mol. The number of hydrogen-bond donors (Lipinski definition) is 2. The zero-order chi connectivity index (χ0) is 13.1. The van der Waals surface area contributed by atoms with Crippen LogP contribution in [0.3, 0.4) is 0 Å². The van der Waals surface area contributed by atoms with Gasteiger partial charge in [-0.3, -0.25) is 5.84 Å². The fraction of sp³-hybridized carbons (Fsp3) is 0.250. The summed E-state index contributed by atoms with van der Waals surface area (Å²) in [6, 6.07) is 2.78. The molecule has 0 amide bonds. The number of halogens is 2. The zero-order valence-corrected chi connectivity index (χ0v) is 9.90. The minimum atomic E-state index is -0.649. The summed E-state index contributed by atoms with van der Waals surface area (Å²) in [5.74, 6) is 4.78. The molecule has 0 fully saturated rings. The van der Waals surface area contributed by atoms with Gasteiger partial charge in [0.25, 0.3) is 0 Å². The predicted octanol–water partition coefficient (Wildman–Crippen LogP) is 1.73. The highest BCUT2D eigenvalue weighted by Gasteiger charge is 2.21. The Morgan fingerprint density at radius 3 is 2.83 bits per heavy atom. The standard InChI is InChI=1S/C12H14F2N4/c1-2-18-6-5-16-12(18)11(17-15)9-4-3-8(13)7-10(9)14/h3-7,11,17H,2,15H2,1H3. The number of imidazole rings is 1. The van der Waals surface area contributed by atoms with Crippen LogP contribution < -0.4 is 11.3 Å². The molecule has 1 atom stereocenters. The fourth-order valence-electron chi connectivity index (χ4n) is 1.89. The number of nitrogens with zero attached hydrogens (tertiary/aromatic N) is 2. The molecule has 0 aliphatic heterocycles. The Morgan fingerprint density at radius 2 is 2.22 bits per heavy atom. The van der Waals surface area contributed by atoms with Gasteiger partial charge in [0, 0.05) is 30.6 Å². The van der Waals surface area contributed by atoms with E-state index in [4.69, 9.17) is 5.84 Å². The van der Waals surface area contributed by atoms with Crippen molar-refractivity contribution in [2.75, 3.05) is 0 Å². The Kier molecular flexibility index (Phi) is 3.69. The quantitative estimate of drug-likeness (QED) is 0.643. The highest BCUT2D eigenvalue weighted by molar-refractivity contribution is 5.27. The Labute approximate surface area is 103 Å². The summed E-state index contributed by atoms with van der Waals surface area (Å²) in [5.41, 5.74) is 2.77. The van der Waals surface area contributed by atoms with Gasteiger partial charge >= 0.3 is 0 Å². The van der Waals surface area contributed by atoms with Gasteiger partial charge in [-0.1, -0.05) is 6.07 Å². The summed E-state index contributed by atoms with van der Waals surface area (Å²) < 4.78 is 28.5. The second-order valence-electron chi connectivity index (χ2n) is 3.84. The summed E-state index contributed by atoms with van der Waals surface area (Å²) >= 11 is 0. The molecule has 6 heteroatoms. The van der Waals surface area contributed by atoms with Crippen LogP contribution in [0.25, 0.3) is 0 Å². The second-order valence-corrected chi connectivity index (χ2v) is 3.84. The van der Waals surface area contributed by atoms with Crippen LogP contribution in [0.1, 0.15) is 24.4 Å². The van der Waals surface area contributed by atoms with Crippen molar-refractivity contribution in [2.24, 2.45) is 5.84 Å². The topological polar surface area (TPSA) is 55.9 Å². The second kappa shape index (κ2) is 5.24. The maximum Gasteiger partial charge on any atom is 0.131 e. The Bertz CT molecular complexity index is 539. The van der Waals surface area contributed by atoms with E-state index in [1.54, 1.807) is 12.4 Å². The van der Waals surface area contributed by atoms with Crippen LogP contribution in [-0.4, -0.2) is 9.55 Å². The molecule has 0 radical (unpaired) electrons. The number of nitrogens with one attached hydrogen (secondary N) is 1. The smallest absolute Gasteiger partial charge is 0.131 e. The molecule has 1 aromatic carbocycles. The molecule has 0 saturated heterocycles. The van der Waals surface area contributed by atoms with Crippen molar-refractivity contribution in [3.8, 4) is 0 Å². The lowest BCUT2D eigenvalue weighted by Crippen LogP contribution is -2.31. The van der Waals surface area contributed by atoms with E-state index in [0.717, 1.165) is 6.07 Å². The highest BCUT2D eigenvalue weighted by atomic mass is 19.1. The van der Waals surface area contributed by atoms with Gasteiger partial charge < -0.3 is 4.57 Å². The molecule has 1 heterocycles. The third-order valence-corrected chi connectivity index (χ3v) is 2.79. The van der Waals surface area contributed by atoms with Gasteiger partial charge in [-0.2, -0.15) is 0 Å². The molecular formula is C12H14F2N4. The lowest BCUT2D eigenvalue weighted by atomic mass is 10.1. The summed E-state index contributed by atoms with van der Waals surface area (Å²) in [7, 11) is 0. The van der Waals surface area contributed by atoms with Crippen molar-refractivity contribution in [2.45, 2.75) is 19.5 Å². The van der Waals surface area contributed by atoms with Gasteiger partial charge in [-0.05, 0) is 13.0 Å². The first-order chi connectivity index (χ1) is 8.67. The van der Waals surface area contributed by atoms with E-state index in [2.05, 4.69) is 10.4 Å². The highest BCUT2D eigenvalue weighted by Crippen LogP contribution is 2.23. The number of aromatic nitrogens is 2. The van der Waals surface area contributed by atoms with E-state index in [1.807, 2.05) is 11.5 Å². The van der Waals surface area contributed by atoms with Gasteiger partial charge in [-0.15, -0.1) is 0 Å². The van der Waals surface area contributed by atoms with Crippen molar-refractivity contribution in [1.82, 2.24) is 15.0 Å². The molecule has 0 aliphatic rings. The maximum atomic E-state index is 13.7. The SMILES string of the molecule is CCn1ccnc1C(NN)c1ccc(F)cc1F. The number of hydrazine groups is 1. The van der Waals surface area contributed by atoms with Gasteiger partial charge in [0.2, 0.25) is 0 Å². The Balaban J connectivity index is 2.45. The van der Waals surface area contributed by atoms with E-state index in [1.165, 1.54) is 12.1 Å². The van der Waals surface area contributed by atoms with E-state index >= 15 is 0 Å². The van der Waals surface area contributed by atoms with E-state index in [-0.39, 0.29) is 5.56 Å². The Hall–Kier alpha value is -1.79. The van der Waals surface area contributed by atoms with Crippen LogP contribution in [0.2, 0.25) is 0 Å². The molecule has 4 nitrogen and oxygen atoms in total. The first kappa shape index (κ1) is 12.7. The molecular weight excluding hydrogens is 238 g/mol. The minimum Gasteiger partial charge on any atom is -0.334 e. The average Bonchev–Trinajstić information content (AvgIpc) is 2.81. The molecule has 0 saturated carbocycles. The van der Waals surface area contributed by atoms with E-state index < -0.39 is 17.7 Å². The lowest BCUT2D eigenvalue weighted by molar-refractivity contribution is 0.514. The summed E-state index contributed by atoms with van der Waals surface area (Å²) in [4.78, 5) is 4.16. The van der Waals surface area contributed by atoms with Crippen LogP contribution in [0.4, 0.5) is 8.78 Å². The number of benzene rings is 1. The van der Waals surface area contributed by atoms with Gasteiger partial charge in [0.05, 0.1) is 0 Å². The molecule has 3 N–H and O–H groups in total. The van der Waals surface area contributed by atoms with Crippen molar-refractivity contribution in [3.63, 3.8) is 0 Å². The molecule has 0 spiro atoms. The molecule has 0 bridgehead atoms.